The van der Waals surface area contributed by atoms with Gasteiger partial charge < -0.3 is 10.6 Å². The number of nitrogens with zero attached hydrogens (tertiary/aromatic N) is 1. The van der Waals surface area contributed by atoms with Crippen LogP contribution in [0.5, 0.6) is 0 Å². The van der Waals surface area contributed by atoms with Gasteiger partial charge >= 0.3 is 0 Å². The average Bonchev–Trinajstić information content (AvgIpc) is 2.51. The van der Waals surface area contributed by atoms with Crippen LogP contribution in [0, 0.1) is 0 Å². The lowest BCUT2D eigenvalue weighted by Crippen LogP contribution is -2.34. The Morgan fingerprint density at radius 3 is 2.41 bits per heavy atom. The van der Waals surface area contributed by atoms with Crippen molar-refractivity contribution < 1.29 is 9.59 Å². The van der Waals surface area contributed by atoms with E-state index < -0.39 is 0 Å². The molecule has 0 unspecified atom stereocenters. The number of rotatable bonds is 5. The fraction of sp³-hybridized carbons (Fsp3) is 0.133. The van der Waals surface area contributed by atoms with Crippen LogP contribution in [-0.2, 0) is 0 Å². The van der Waals surface area contributed by atoms with E-state index in [0.717, 1.165) is 0 Å². The Morgan fingerprint density at radius 1 is 1.00 bits per heavy atom. The molecule has 0 fully saturated rings. The van der Waals surface area contributed by atoms with Crippen molar-refractivity contribution in [2.75, 3.05) is 13.1 Å². The lowest BCUT2D eigenvalue weighted by molar-refractivity contribution is 0.0927. The van der Waals surface area contributed by atoms with E-state index in [0.29, 0.717) is 16.1 Å². The van der Waals surface area contributed by atoms with Crippen molar-refractivity contribution in [2.24, 2.45) is 0 Å². The summed E-state index contributed by atoms with van der Waals surface area (Å²) in [5, 5.41) is 5.97. The maximum Gasteiger partial charge on any atom is 0.254 e. The molecule has 5 nitrogen and oxygen atoms in total. The van der Waals surface area contributed by atoms with E-state index in [1.165, 1.54) is 6.20 Å². The van der Waals surface area contributed by atoms with Gasteiger partial charge in [-0.1, -0.05) is 29.3 Å². The van der Waals surface area contributed by atoms with Crippen LogP contribution in [0.25, 0.3) is 0 Å². The topological polar surface area (TPSA) is 71.1 Å². The first-order valence-electron chi connectivity index (χ1n) is 6.50. The Hall–Kier alpha value is -2.11. The SMILES string of the molecule is O=C(NCCNC(=O)c1cccnc1Cl)c1cccc(Cl)c1. The van der Waals surface area contributed by atoms with Gasteiger partial charge in [-0.3, -0.25) is 9.59 Å². The van der Waals surface area contributed by atoms with Crippen LogP contribution >= 0.6 is 23.2 Å². The van der Waals surface area contributed by atoms with Gasteiger partial charge in [-0.2, -0.15) is 0 Å². The number of pyridine rings is 1. The molecule has 1 aromatic carbocycles. The highest BCUT2D eigenvalue weighted by Crippen LogP contribution is 2.11. The number of aromatic nitrogens is 1. The molecule has 0 radical (unpaired) electrons. The van der Waals surface area contributed by atoms with Gasteiger partial charge in [-0.25, -0.2) is 4.98 Å². The molecule has 0 atom stereocenters. The minimum Gasteiger partial charge on any atom is -0.350 e. The maximum absolute atomic E-state index is 11.9. The first-order valence-corrected chi connectivity index (χ1v) is 7.26. The number of carbonyl (C=O) groups excluding carboxylic acids is 2. The van der Waals surface area contributed by atoms with Gasteiger partial charge in [0.2, 0.25) is 0 Å². The molecule has 0 aliphatic heterocycles. The standard InChI is InChI=1S/C15H13Cl2N3O2/c16-11-4-1-3-10(9-11)14(21)19-7-8-20-15(22)12-5-2-6-18-13(12)17/h1-6,9H,7-8H2,(H,19,21)(H,20,22). The molecule has 1 heterocycles. The van der Waals surface area contributed by atoms with E-state index >= 15 is 0 Å². The Balaban J connectivity index is 1.79. The van der Waals surface area contributed by atoms with Crippen molar-refractivity contribution in [3.63, 3.8) is 0 Å². The molecule has 0 bridgehead atoms. The van der Waals surface area contributed by atoms with Crippen LogP contribution in [0.1, 0.15) is 20.7 Å². The monoisotopic (exact) mass is 337 g/mol. The van der Waals surface area contributed by atoms with Crippen LogP contribution in [0.4, 0.5) is 0 Å². The van der Waals surface area contributed by atoms with Gasteiger partial charge in [-0.05, 0) is 30.3 Å². The van der Waals surface area contributed by atoms with Gasteiger partial charge in [0.1, 0.15) is 5.15 Å². The minimum absolute atomic E-state index is 0.142. The summed E-state index contributed by atoms with van der Waals surface area (Å²) >= 11 is 11.6. The van der Waals surface area contributed by atoms with E-state index in [9.17, 15) is 9.59 Å². The Labute approximate surface area is 137 Å². The zero-order valence-corrected chi connectivity index (χ0v) is 13.0. The van der Waals surface area contributed by atoms with Crippen LogP contribution in [0.2, 0.25) is 10.2 Å². The number of amides is 2. The number of nitrogens with one attached hydrogen (secondary N) is 2. The average molecular weight is 338 g/mol. The molecule has 22 heavy (non-hydrogen) atoms. The molecule has 2 N–H and O–H groups in total. The Morgan fingerprint density at radius 2 is 1.73 bits per heavy atom. The lowest BCUT2D eigenvalue weighted by atomic mass is 10.2. The highest BCUT2D eigenvalue weighted by atomic mass is 35.5. The largest absolute Gasteiger partial charge is 0.350 e. The third-order valence-electron chi connectivity index (χ3n) is 2.79. The van der Waals surface area contributed by atoms with Gasteiger partial charge in [0, 0.05) is 29.9 Å². The highest BCUT2D eigenvalue weighted by Gasteiger charge is 2.10. The number of benzene rings is 1. The molecule has 2 rings (SSSR count). The van der Waals surface area contributed by atoms with E-state index in [1.54, 1.807) is 36.4 Å². The van der Waals surface area contributed by atoms with Crippen molar-refractivity contribution in [1.82, 2.24) is 15.6 Å². The third-order valence-corrected chi connectivity index (χ3v) is 3.32. The first kappa shape index (κ1) is 16.3. The fourth-order valence-electron chi connectivity index (χ4n) is 1.73. The second-order valence-electron chi connectivity index (χ2n) is 4.36. The molecular formula is C15H13Cl2N3O2. The van der Waals surface area contributed by atoms with Gasteiger partial charge in [0.15, 0.2) is 0 Å². The molecule has 2 aromatic rings. The number of halogens is 2. The number of hydrogen-bond donors (Lipinski definition) is 2. The Kier molecular flexibility index (Phi) is 5.75. The molecule has 0 spiro atoms. The van der Waals surface area contributed by atoms with E-state index in [4.69, 9.17) is 23.2 Å². The summed E-state index contributed by atoms with van der Waals surface area (Å²) in [6.07, 6.45) is 1.50. The quantitative estimate of drug-likeness (QED) is 0.650. The van der Waals surface area contributed by atoms with Crippen molar-refractivity contribution in [3.05, 3.63) is 63.9 Å². The third kappa shape index (κ3) is 4.44. The molecule has 0 aliphatic carbocycles. The molecule has 2 amide bonds. The summed E-state index contributed by atoms with van der Waals surface area (Å²) in [5.74, 6) is -0.591. The predicted octanol–water partition coefficient (Wildman–Crippen LogP) is 2.55. The molecule has 114 valence electrons. The fourth-order valence-corrected chi connectivity index (χ4v) is 2.13. The van der Waals surface area contributed by atoms with Gasteiger partial charge in [-0.15, -0.1) is 0 Å². The van der Waals surface area contributed by atoms with E-state index in [2.05, 4.69) is 15.6 Å². The van der Waals surface area contributed by atoms with Crippen LogP contribution < -0.4 is 10.6 Å². The van der Waals surface area contributed by atoms with Crippen molar-refractivity contribution in [3.8, 4) is 0 Å². The second kappa shape index (κ2) is 7.77. The van der Waals surface area contributed by atoms with Crippen LogP contribution in [0.15, 0.2) is 42.6 Å². The summed E-state index contributed by atoms with van der Waals surface area (Å²) in [5.41, 5.74) is 0.763. The summed E-state index contributed by atoms with van der Waals surface area (Å²) in [6, 6.07) is 9.83. The first-order chi connectivity index (χ1) is 10.6. The van der Waals surface area contributed by atoms with Crippen molar-refractivity contribution in [2.45, 2.75) is 0 Å². The summed E-state index contributed by atoms with van der Waals surface area (Å²) < 4.78 is 0. The Bertz CT molecular complexity index is 692. The summed E-state index contributed by atoms with van der Waals surface area (Å²) in [6.45, 7) is 0.561. The normalized spacial score (nSPS) is 10.1. The van der Waals surface area contributed by atoms with Crippen molar-refractivity contribution in [1.29, 1.82) is 0 Å². The van der Waals surface area contributed by atoms with Crippen LogP contribution in [-0.4, -0.2) is 29.9 Å². The summed E-state index contributed by atoms with van der Waals surface area (Å²) in [4.78, 5) is 27.5. The number of hydrogen-bond acceptors (Lipinski definition) is 3. The molecular weight excluding hydrogens is 325 g/mol. The molecule has 0 aliphatic rings. The predicted molar refractivity (Wildman–Crippen MR) is 85.4 cm³/mol. The maximum atomic E-state index is 11.9. The minimum atomic E-state index is -0.338. The molecule has 1 aromatic heterocycles. The van der Waals surface area contributed by atoms with Gasteiger partial charge in [0.25, 0.3) is 11.8 Å². The van der Waals surface area contributed by atoms with Crippen molar-refractivity contribution >= 4 is 35.0 Å². The summed E-state index contributed by atoms with van der Waals surface area (Å²) in [7, 11) is 0. The number of carbonyl (C=O) groups is 2. The zero-order chi connectivity index (χ0) is 15.9. The van der Waals surface area contributed by atoms with Crippen LogP contribution in [0.3, 0.4) is 0 Å². The molecule has 0 saturated carbocycles. The molecule has 7 heteroatoms. The van der Waals surface area contributed by atoms with Gasteiger partial charge in [0.05, 0.1) is 5.56 Å². The zero-order valence-electron chi connectivity index (χ0n) is 11.5. The lowest BCUT2D eigenvalue weighted by Gasteiger charge is -2.08. The highest BCUT2D eigenvalue weighted by molar-refractivity contribution is 6.32. The van der Waals surface area contributed by atoms with E-state index in [-0.39, 0.29) is 30.1 Å². The smallest absolute Gasteiger partial charge is 0.254 e. The molecule has 0 saturated heterocycles. The van der Waals surface area contributed by atoms with E-state index in [1.807, 2.05) is 0 Å². The second-order valence-corrected chi connectivity index (χ2v) is 5.16.